The van der Waals surface area contributed by atoms with Crippen LogP contribution in [0.15, 0.2) is 48.5 Å². The zero-order chi connectivity index (χ0) is 20.2. The van der Waals surface area contributed by atoms with Gasteiger partial charge in [-0.05, 0) is 44.2 Å². The number of carbonyl (C=O) groups excluding carboxylic acids is 2. The number of hydrogen-bond acceptors (Lipinski definition) is 5. The van der Waals surface area contributed by atoms with Gasteiger partial charge in [0.05, 0.1) is 18.8 Å². The van der Waals surface area contributed by atoms with Gasteiger partial charge in [0, 0.05) is 24.4 Å². The number of rotatable bonds is 11. The van der Waals surface area contributed by atoms with Crippen molar-refractivity contribution in [2.24, 2.45) is 0 Å². The predicted molar refractivity (Wildman–Crippen MR) is 110 cm³/mol. The van der Waals surface area contributed by atoms with Crippen LogP contribution in [-0.4, -0.2) is 44.7 Å². The van der Waals surface area contributed by atoms with Crippen LogP contribution in [0.3, 0.4) is 0 Å². The van der Waals surface area contributed by atoms with Crippen LogP contribution in [0.2, 0.25) is 0 Å². The Balaban J connectivity index is 1.89. The highest BCUT2D eigenvalue weighted by atomic mass is 16.5. The Morgan fingerprint density at radius 1 is 1.00 bits per heavy atom. The summed E-state index contributed by atoms with van der Waals surface area (Å²) in [5.41, 5.74) is 1.84. The lowest BCUT2D eigenvalue weighted by atomic mass is 10.2. The van der Waals surface area contributed by atoms with Gasteiger partial charge in [-0.25, -0.2) is 0 Å². The number of anilines is 2. The third kappa shape index (κ3) is 6.92. The normalized spacial score (nSPS) is 10.2. The number of ether oxygens (including phenoxy) is 2. The van der Waals surface area contributed by atoms with E-state index < -0.39 is 0 Å². The van der Waals surface area contributed by atoms with E-state index in [1.807, 2.05) is 26.0 Å². The number of amides is 2. The molecule has 0 heterocycles. The van der Waals surface area contributed by atoms with Crippen LogP contribution in [0, 0.1) is 0 Å². The summed E-state index contributed by atoms with van der Waals surface area (Å²) < 4.78 is 10.9. The molecule has 2 amide bonds. The molecule has 2 aromatic rings. The first kappa shape index (κ1) is 21.2. The second-order valence-corrected chi connectivity index (χ2v) is 5.88. The number of hydrogen-bond donors (Lipinski definition) is 3. The molecule has 7 nitrogen and oxygen atoms in total. The summed E-state index contributed by atoms with van der Waals surface area (Å²) in [6.07, 6.45) is 0. The molecule has 0 spiro atoms. The molecule has 2 aromatic carbocycles. The topological polar surface area (TPSA) is 88.7 Å². The molecule has 0 unspecified atom stereocenters. The van der Waals surface area contributed by atoms with Crippen LogP contribution in [0.5, 0.6) is 5.75 Å². The molecular formula is C21H27N3O4. The van der Waals surface area contributed by atoms with Crippen molar-refractivity contribution in [3.05, 3.63) is 54.1 Å². The van der Waals surface area contributed by atoms with E-state index in [2.05, 4.69) is 16.0 Å². The zero-order valence-electron chi connectivity index (χ0n) is 16.3. The zero-order valence-corrected chi connectivity index (χ0v) is 16.3. The van der Waals surface area contributed by atoms with Crippen molar-refractivity contribution in [1.29, 1.82) is 0 Å². The average Bonchev–Trinajstić information content (AvgIpc) is 2.71. The fourth-order valence-electron chi connectivity index (χ4n) is 2.46. The van der Waals surface area contributed by atoms with E-state index in [0.29, 0.717) is 49.1 Å². The van der Waals surface area contributed by atoms with E-state index in [4.69, 9.17) is 9.47 Å². The summed E-state index contributed by atoms with van der Waals surface area (Å²) in [4.78, 5) is 24.2. The van der Waals surface area contributed by atoms with Crippen molar-refractivity contribution in [3.8, 4) is 5.75 Å². The van der Waals surface area contributed by atoms with Gasteiger partial charge in [0.2, 0.25) is 5.91 Å². The van der Waals surface area contributed by atoms with Gasteiger partial charge in [-0.1, -0.05) is 18.2 Å². The summed E-state index contributed by atoms with van der Waals surface area (Å²) in [6.45, 7) is 5.94. The third-order valence-electron chi connectivity index (χ3n) is 3.77. The lowest BCUT2D eigenvalue weighted by Crippen LogP contribution is -2.24. The van der Waals surface area contributed by atoms with Crippen molar-refractivity contribution >= 4 is 23.2 Å². The Hall–Kier alpha value is -3.06. The Morgan fingerprint density at radius 3 is 2.61 bits per heavy atom. The standard InChI is InChI=1S/C21H27N3O4/c1-3-22-21(26)16-8-7-9-17(14-16)23-15-20(25)24-18-10-5-6-11-19(18)28-13-12-27-4-2/h5-11,14,23H,3-4,12-13,15H2,1-2H3,(H,22,26)(H,24,25). The first-order valence-corrected chi connectivity index (χ1v) is 9.35. The van der Waals surface area contributed by atoms with Gasteiger partial charge in [-0.3, -0.25) is 9.59 Å². The van der Waals surface area contributed by atoms with Crippen LogP contribution in [0.25, 0.3) is 0 Å². The number of para-hydroxylation sites is 2. The van der Waals surface area contributed by atoms with E-state index in [1.165, 1.54) is 0 Å². The summed E-state index contributed by atoms with van der Waals surface area (Å²) >= 11 is 0. The number of nitrogens with one attached hydrogen (secondary N) is 3. The molecule has 7 heteroatoms. The second-order valence-electron chi connectivity index (χ2n) is 5.88. The highest BCUT2D eigenvalue weighted by molar-refractivity contribution is 5.96. The Bertz CT molecular complexity index is 780. The molecule has 0 atom stereocenters. The molecule has 0 fully saturated rings. The van der Waals surface area contributed by atoms with Crippen LogP contribution < -0.4 is 20.7 Å². The molecule has 3 N–H and O–H groups in total. The van der Waals surface area contributed by atoms with Gasteiger partial charge in [0.1, 0.15) is 12.4 Å². The van der Waals surface area contributed by atoms with Crippen molar-refractivity contribution in [3.63, 3.8) is 0 Å². The molecule has 0 radical (unpaired) electrons. The summed E-state index contributed by atoms with van der Waals surface area (Å²) in [5.74, 6) is 0.229. The number of carbonyl (C=O) groups is 2. The first-order valence-electron chi connectivity index (χ1n) is 9.35. The summed E-state index contributed by atoms with van der Waals surface area (Å²) in [6, 6.07) is 14.3. The van der Waals surface area contributed by atoms with E-state index in [0.717, 1.165) is 0 Å². The maximum atomic E-state index is 12.3. The molecule has 0 aliphatic carbocycles. The summed E-state index contributed by atoms with van der Waals surface area (Å²) in [7, 11) is 0. The fourth-order valence-corrected chi connectivity index (χ4v) is 2.46. The van der Waals surface area contributed by atoms with Gasteiger partial charge in [0.25, 0.3) is 5.91 Å². The van der Waals surface area contributed by atoms with Crippen LogP contribution in [0.1, 0.15) is 24.2 Å². The van der Waals surface area contributed by atoms with Crippen molar-refractivity contribution < 1.29 is 19.1 Å². The van der Waals surface area contributed by atoms with Crippen molar-refractivity contribution in [2.45, 2.75) is 13.8 Å². The van der Waals surface area contributed by atoms with Crippen molar-refractivity contribution in [2.75, 3.05) is 43.5 Å². The Morgan fingerprint density at radius 2 is 1.82 bits per heavy atom. The molecule has 0 aromatic heterocycles. The smallest absolute Gasteiger partial charge is 0.251 e. The van der Waals surface area contributed by atoms with E-state index >= 15 is 0 Å². The first-order chi connectivity index (χ1) is 13.6. The van der Waals surface area contributed by atoms with Gasteiger partial charge in [-0.15, -0.1) is 0 Å². The monoisotopic (exact) mass is 385 g/mol. The SMILES string of the molecule is CCNC(=O)c1cccc(NCC(=O)Nc2ccccc2OCCOCC)c1. The Labute approximate surface area is 165 Å². The lowest BCUT2D eigenvalue weighted by Gasteiger charge is -2.13. The highest BCUT2D eigenvalue weighted by Gasteiger charge is 2.09. The molecule has 150 valence electrons. The molecular weight excluding hydrogens is 358 g/mol. The largest absolute Gasteiger partial charge is 0.489 e. The predicted octanol–water partition coefficient (Wildman–Crippen LogP) is 2.90. The molecule has 0 aliphatic rings. The molecule has 0 aliphatic heterocycles. The minimum atomic E-state index is -0.218. The van der Waals surface area contributed by atoms with Gasteiger partial charge >= 0.3 is 0 Å². The molecule has 0 saturated carbocycles. The van der Waals surface area contributed by atoms with Crippen LogP contribution in [-0.2, 0) is 9.53 Å². The minimum Gasteiger partial charge on any atom is -0.489 e. The van der Waals surface area contributed by atoms with Gasteiger partial charge in [-0.2, -0.15) is 0 Å². The van der Waals surface area contributed by atoms with Gasteiger partial charge in [0.15, 0.2) is 0 Å². The summed E-state index contributed by atoms with van der Waals surface area (Å²) in [5, 5.41) is 8.61. The van der Waals surface area contributed by atoms with Crippen LogP contribution >= 0.6 is 0 Å². The third-order valence-corrected chi connectivity index (χ3v) is 3.77. The van der Waals surface area contributed by atoms with E-state index in [1.54, 1.807) is 36.4 Å². The maximum absolute atomic E-state index is 12.3. The van der Waals surface area contributed by atoms with E-state index in [9.17, 15) is 9.59 Å². The van der Waals surface area contributed by atoms with Crippen LogP contribution in [0.4, 0.5) is 11.4 Å². The molecule has 0 saturated heterocycles. The quantitative estimate of drug-likeness (QED) is 0.518. The Kier molecular flexibility index (Phi) is 8.81. The minimum absolute atomic E-state index is 0.0616. The molecule has 0 bridgehead atoms. The maximum Gasteiger partial charge on any atom is 0.251 e. The number of benzene rings is 2. The molecule has 2 rings (SSSR count). The molecule has 28 heavy (non-hydrogen) atoms. The fraction of sp³-hybridized carbons (Fsp3) is 0.333. The average molecular weight is 385 g/mol. The van der Waals surface area contributed by atoms with Gasteiger partial charge < -0.3 is 25.4 Å². The van der Waals surface area contributed by atoms with E-state index in [-0.39, 0.29) is 18.4 Å². The lowest BCUT2D eigenvalue weighted by molar-refractivity contribution is -0.114. The second kappa shape index (κ2) is 11.6. The van der Waals surface area contributed by atoms with Crippen molar-refractivity contribution in [1.82, 2.24) is 5.32 Å². The highest BCUT2D eigenvalue weighted by Crippen LogP contribution is 2.23.